The van der Waals surface area contributed by atoms with Crippen LogP contribution in [0.1, 0.15) is 19.4 Å². The van der Waals surface area contributed by atoms with Crippen molar-refractivity contribution in [2.45, 2.75) is 32.0 Å². The molecule has 8 nitrogen and oxygen atoms in total. The van der Waals surface area contributed by atoms with Crippen LogP contribution < -0.4 is 9.64 Å². The summed E-state index contributed by atoms with van der Waals surface area (Å²) < 4.78 is 9.36. The lowest BCUT2D eigenvalue weighted by Crippen LogP contribution is -2.30. The van der Waals surface area contributed by atoms with Crippen molar-refractivity contribution in [3.05, 3.63) is 36.0 Å². The first-order valence-electron chi connectivity index (χ1n) is 9.73. The second kappa shape index (κ2) is 8.28. The molecule has 152 valence electrons. The maximum absolute atomic E-state index is 12.8. The molecule has 0 fully saturated rings. The third-order valence-electron chi connectivity index (χ3n) is 4.92. The van der Waals surface area contributed by atoms with Crippen LogP contribution in [-0.2, 0) is 24.8 Å². The third-order valence-corrected chi connectivity index (χ3v) is 5.93. The number of amides is 1. The standard InChI is InChI=1S/C20H24N6O2S/c1-4-25-12-15(19(23-25)28-5-2)18-21-22-20(24(18)3)29-13-17(27)26-11-10-14-8-6-7-9-16(14)26/h6-9,12H,4-5,10-11,13H2,1-3H3. The molecule has 1 amide bonds. The van der Waals surface area contributed by atoms with Crippen LogP contribution in [0.4, 0.5) is 5.69 Å². The second-order valence-electron chi connectivity index (χ2n) is 6.71. The Kier molecular flexibility index (Phi) is 5.57. The van der Waals surface area contributed by atoms with E-state index in [-0.39, 0.29) is 5.91 Å². The summed E-state index contributed by atoms with van der Waals surface area (Å²) in [7, 11) is 1.90. The Morgan fingerprint density at radius 2 is 2.07 bits per heavy atom. The Hall–Kier alpha value is -2.81. The number of benzene rings is 1. The van der Waals surface area contributed by atoms with E-state index in [2.05, 4.69) is 21.4 Å². The molecule has 0 N–H and O–H groups in total. The fourth-order valence-electron chi connectivity index (χ4n) is 3.44. The lowest BCUT2D eigenvalue weighted by atomic mass is 10.2. The van der Waals surface area contributed by atoms with Gasteiger partial charge in [0.05, 0.1) is 12.4 Å². The second-order valence-corrected chi connectivity index (χ2v) is 7.66. The van der Waals surface area contributed by atoms with Gasteiger partial charge in [0.2, 0.25) is 11.8 Å². The molecule has 1 aliphatic heterocycles. The summed E-state index contributed by atoms with van der Waals surface area (Å²) in [5.74, 6) is 1.62. The van der Waals surface area contributed by atoms with Gasteiger partial charge < -0.3 is 14.2 Å². The van der Waals surface area contributed by atoms with E-state index >= 15 is 0 Å². The van der Waals surface area contributed by atoms with E-state index in [1.54, 1.807) is 0 Å². The molecule has 9 heteroatoms. The van der Waals surface area contributed by atoms with Gasteiger partial charge in [-0.05, 0) is 31.9 Å². The Labute approximate surface area is 173 Å². The van der Waals surface area contributed by atoms with Gasteiger partial charge in [-0.2, -0.15) is 0 Å². The number of rotatable bonds is 7. The minimum atomic E-state index is 0.0818. The quantitative estimate of drug-likeness (QED) is 0.556. The van der Waals surface area contributed by atoms with Crippen molar-refractivity contribution in [2.24, 2.45) is 7.05 Å². The lowest BCUT2D eigenvalue weighted by Gasteiger charge is -2.16. The van der Waals surface area contributed by atoms with Crippen LogP contribution in [0.5, 0.6) is 5.88 Å². The Bertz CT molecular complexity index is 1030. The van der Waals surface area contributed by atoms with Crippen LogP contribution in [0.25, 0.3) is 11.4 Å². The lowest BCUT2D eigenvalue weighted by molar-refractivity contribution is -0.116. The van der Waals surface area contributed by atoms with Crippen molar-refractivity contribution in [3.8, 4) is 17.3 Å². The van der Waals surface area contributed by atoms with E-state index in [1.165, 1.54) is 17.3 Å². The minimum absolute atomic E-state index is 0.0818. The highest BCUT2D eigenvalue weighted by molar-refractivity contribution is 7.99. The van der Waals surface area contributed by atoms with E-state index in [0.29, 0.717) is 29.2 Å². The Morgan fingerprint density at radius 1 is 1.24 bits per heavy atom. The smallest absolute Gasteiger partial charge is 0.243 e. The fourth-order valence-corrected chi connectivity index (χ4v) is 4.23. The molecule has 1 aliphatic rings. The summed E-state index contributed by atoms with van der Waals surface area (Å²) in [6.07, 6.45) is 2.82. The molecular weight excluding hydrogens is 388 g/mol. The summed E-state index contributed by atoms with van der Waals surface area (Å²) in [5.41, 5.74) is 3.05. The first kappa shape index (κ1) is 19.5. The summed E-state index contributed by atoms with van der Waals surface area (Å²) in [6.45, 7) is 5.95. The molecule has 3 aromatic rings. The molecule has 29 heavy (non-hydrogen) atoms. The topological polar surface area (TPSA) is 78.1 Å². The molecule has 3 heterocycles. The van der Waals surface area contributed by atoms with Crippen LogP contribution in [0, 0.1) is 0 Å². The molecule has 0 saturated carbocycles. The molecule has 0 aliphatic carbocycles. The van der Waals surface area contributed by atoms with E-state index in [0.717, 1.165) is 30.8 Å². The molecule has 4 rings (SSSR count). The zero-order valence-electron chi connectivity index (χ0n) is 16.8. The predicted molar refractivity (Wildman–Crippen MR) is 112 cm³/mol. The molecular formula is C20H24N6O2S. The van der Waals surface area contributed by atoms with Gasteiger partial charge in [-0.1, -0.05) is 30.0 Å². The largest absolute Gasteiger partial charge is 0.476 e. The molecule has 0 atom stereocenters. The minimum Gasteiger partial charge on any atom is -0.476 e. The number of aromatic nitrogens is 5. The van der Waals surface area contributed by atoms with Gasteiger partial charge in [-0.3, -0.25) is 9.48 Å². The highest BCUT2D eigenvalue weighted by Crippen LogP contribution is 2.31. The molecule has 0 unspecified atom stereocenters. The van der Waals surface area contributed by atoms with Crippen molar-refractivity contribution in [1.29, 1.82) is 0 Å². The van der Waals surface area contributed by atoms with Gasteiger partial charge in [-0.25, -0.2) is 0 Å². The molecule has 0 saturated heterocycles. The van der Waals surface area contributed by atoms with Crippen LogP contribution in [0.3, 0.4) is 0 Å². The van der Waals surface area contributed by atoms with Gasteiger partial charge in [0.1, 0.15) is 5.56 Å². The van der Waals surface area contributed by atoms with E-state index in [9.17, 15) is 4.79 Å². The molecule has 0 bridgehead atoms. The number of hydrogen-bond acceptors (Lipinski definition) is 6. The number of thioether (sulfide) groups is 1. The maximum atomic E-state index is 12.8. The number of ether oxygens (including phenoxy) is 1. The summed E-state index contributed by atoms with van der Waals surface area (Å²) in [6, 6.07) is 8.07. The van der Waals surface area contributed by atoms with Crippen LogP contribution >= 0.6 is 11.8 Å². The average molecular weight is 413 g/mol. The van der Waals surface area contributed by atoms with Crippen LogP contribution in [-0.4, -0.2) is 49.4 Å². The number of fused-ring (bicyclic) bond motifs is 1. The highest BCUT2D eigenvalue weighted by Gasteiger charge is 2.25. The molecule has 2 aromatic heterocycles. The van der Waals surface area contributed by atoms with Crippen LogP contribution in [0.2, 0.25) is 0 Å². The number of carbonyl (C=O) groups excluding carboxylic acids is 1. The fraction of sp³-hybridized carbons (Fsp3) is 0.400. The summed E-state index contributed by atoms with van der Waals surface area (Å²) in [4.78, 5) is 14.6. The summed E-state index contributed by atoms with van der Waals surface area (Å²) in [5, 5.41) is 13.7. The van der Waals surface area contributed by atoms with Gasteiger partial charge in [0.25, 0.3) is 0 Å². The van der Waals surface area contributed by atoms with Crippen molar-refractivity contribution in [2.75, 3.05) is 23.8 Å². The zero-order valence-corrected chi connectivity index (χ0v) is 17.6. The third kappa shape index (κ3) is 3.74. The first-order chi connectivity index (χ1) is 14.1. The molecule has 0 radical (unpaired) electrons. The van der Waals surface area contributed by atoms with Crippen molar-refractivity contribution in [1.82, 2.24) is 24.5 Å². The van der Waals surface area contributed by atoms with Gasteiger partial charge in [0.15, 0.2) is 11.0 Å². The SMILES string of the molecule is CCOc1nn(CC)cc1-c1nnc(SCC(=O)N2CCc3ccccc32)n1C. The van der Waals surface area contributed by atoms with Crippen LogP contribution in [0.15, 0.2) is 35.6 Å². The number of para-hydroxylation sites is 1. The zero-order chi connectivity index (χ0) is 20.4. The van der Waals surface area contributed by atoms with Gasteiger partial charge >= 0.3 is 0 Å². The molecule has 1 aromatic carbocycles. The maximum Gasteiger partial charge on any atom is 0.243 e. The van der Waals surface area contributed by atoms with E-state index in [1.807, 2.05) is 59.4 Å². The van der Waals surface area contributed by atoms with Crippen molar-refractivity contribution >= 4 is 23.4 Å². The average Bonchev–Trinajstić information content (AvgIpc) is 3.43. The first-order valence-corrected chi connectivity index (χ1v) is 10.7. The highest BCUT2D eigenvalue weighted by atomic mass is 32.2. The van der Waals surface area contributed by atoms with Gasteiger partial charge in [-0.15, -0.1) is 15.3 Å². The van der Waals surface area contributed by atoms with Crippen molar-refractivity contribution in [3.63, 3.8) is 0 Å². The number of nitrogens with zero attached hydrogens (tertiary/aromatic N) is 6. The monoisotopic (exact) mass is 412 g/mol. The summed E-state index contributed by atoms with van der Waals surface area (Å²) >= 11 is 1.39. The van der Waals surface area contributed by atoms with E-state index < -0.39 is 0 Å². The number of hydrogen-bond donors (Lipinski definition) is 0. The molecule has 0 spiro atoms. The number of anilines is 1. The Morgan fingerprint density at radius 3 is 2.86 bits per heavy atom. The number of carbonyl (C=O) groups is 1. The van der Waals surface area contributed by atoms with Gasteiger partial charge in [0, 0.05) is 32.0 Å². The Balaban J connectivity index is 1.49. The predicted octanol–water partition coefficient (Wildman–Crippen LogP) is 2.78. The number of aryl methyl sites for hydroxylation is 1. The van der Waals surface area contributed by atoms with Crippen molar-refractivity contribution < 1.29 is 9.53 Å². The normalized spacial score (nSPS) is 13.0. The van der Waals surface area contributed by atoms with E-state index in [4.69, 9.17) is 4.74 Å².